The lowest BCUT2D eigenvalue weighted by Gasteiger charge is -2.34. The summed E-state index contributed by atoms with van der Waals surface area (Å²) in [5.74, 6) is 2.94. The van der Waals surface area contributed by atoms with Crippen molar-refractivity contribution in [2.75, 3.05) is 71.3 Å². The van der Waals surface area contributed by atoms with E-state index in [1.807, 2.05) is 37.3 Å². The fourth-order valence-corrected chi connectivity index (χ4v) is 5.83. The number of benzene rings is 3. The Morgan fingerprint density at radius 3 is 2.47 bits per heavy atom. The van der Waals surface area contributed by atoms with Crippen LogP contribution in [0.2, 0.25) is 0 Å². The maximum atomic E-state index is 13.7. The summed E-state index contributed by atoms with van der Waals surface area (Å²) in [7, 11) is 6.82. The topological polar surface area (TPSA) is 129 Å². The number of carbonyl (C=O) groups excluding carboxylic acids is 3. The second-order valence-corrected chi connectivity index (χ2v) is 12.2. The van der Waals surface area contributed by atoms with E-state index in [2.05, 4.69) is 38.1 Å². The van der Waals surface area contributed by atoms with Crippen LogP contribution in [0, 0.1) is 6.92 Å². The van der Waals surface area contributed by atoms with Crippen molar-refractivity contribution < 1.29 is 28.6 Å². The average molecular weight is 742 g/mol. The van der Waals surface area contributed by atoms with E-state index in [0.717, 1.165) is 55.8 Å². The standard InChI is InChI=1S/C37H44N6O6.2ClH/c1-25-12-15-31(33(21-25)49-20-7-6-9-27(23-44)43-18-16-41(2)17-19-43)42(3)37(46)26-13-14-28(32(22-26)48-5)36(45)39-30-11-8-10-29-35(30)40-34(38-29)24-47-4;;/h8,10-15,21-22H,6-7,9,16-20,24H2,1-5H3,(H,38,40)(H,39,45);2*1H. The summed E-state index contributed by atoms with van der Waals surface area (Å²) in [6, 6.07) is 15.9. The summed E-state index contributed by atoms with van der Waals surface area (Å²) in [4.78, 5) is 52.4. The maximum absolute atomic E-state index is 13.7. The number of para-hydroxylation sites is 1. The highest BCUT2D eigenvalue weighted by molar-refractivity contribution is 6.11. The number of fused-ring (bicyclic) bond motifs is 1. The Hall–Kier alpha value is -4.58. The Bertz CT molecular complexity index is 1850. The molecule has 0 saturated carbocycles. The van der Waals surface area contributed by atoms with Gasteiger partial charge in [0.2, 0.25) is 0 Å². The van der Waals surface area contributed by atoms with Gasteiger partial charge in [-0.05, 0) is 81.3 Å². The minimum atomic E-state index is -0.401. The van der Waals surface area contributed by atoms with Crippen LogP contribution < -0.4 is 19.7 Å². The highest BCUT2D eigenvalue weighted by Gasteiger charge is 2.22. The quantitative estimate of drug-likeness (QED) is 0.120. The smallest absolute Gasteiger partial charge is 0.259 e. The van der Waals surface area contributed by atoms with Gasteiger partial charge in [-0.25, -0.2) is 9.78 Å². The third-order valence-corrected chi connectivity index (χ3v) is 8.63. The number of unbranched alkanes of at least 4 members (excludes halogenated alkanes) is 1. The number of amides is 2. The number of hydrogen-bond acceptors (Lipinski definition) is 9. The van der Waals surface area contributed by atoms with Gasteiger partial charge < -0.3 is 39.2 Å². The molecule has 1 aliphatic rings. The van der Waals surface area contributed by atoms with E-state index >= 15 is 0 Å². The molecule has 0 radical (unpaired) electrons. The van der Waals surface area contributed by atoms with E-state index in [9.17, 15) is 14.4 Å². The molecule has 0 atom stereocenters. The number of halogens is 2. The van der Waals surface area contributed by atoms with Crippen molar-refractivity contribution in [3.8, 4) is 11.5 Å². The monoisotopic (exact) mass is 740 g/mol. The second kappa shape index (κ2) is 19.1. The average Bonchev–Trinajstić information content (AvgIpc) is 3.53. The molecule has 5 rings (SSSR count). The number of aromatic nitrogens is 2. The Morgan fingerprint density at radius 1 is 1.00 bits per heavy atom. The molecular weight excluding hydrogens is 695 g/mol. The van der Waals surface area contributed by atoms with Crippen LogP contribution >= 0.6 is 24.8 Å². The molecule has 2 heterocycles. The summed E-state index contributed by atoms with van der Waals surface area (Å²) < 4.78 is 16.9. The van der Waals surface area contributed by atoms with Crippen LogP contribution in [0.4, 0.5) is 11.4 Å². The summed E-state index contributed by atoms with van der Waals surface area (Å²) in [5, 5.41) is 2.92. The fraction of sp³-hybridized carbons (Fsp3) is 0.378. The predicted octanol–water partition coefficient (Wildman–Crippen LogP) is 5.91. The number of rotatable bonds is 14. The van der Waals surface area contributed by atoms with E-state index in [1.54, 1.807) is 38.4 Å². The van der Waals surface area contributed by atoms with Crippen LogP contribution in [-0.2, 0) is 16.1 Å². The van der Waals surface area contributed by atoms with Crippen LogP contribution in [0.5, 0.6) is 11.5 Å². The molecule has 0 bridgehead atoms. The van der Waals surface area contributed by atoms with Crippen molar-refractivity contribution in [2.45, 2.75) is 32.8 Å². The van der Waals surface area contributed by atoms with E-state index in [-0.39, 0.29) is 42.0 Å². The minimum Gasteiger partial charge on any atom is -0.496 e. The molecular formula is C37H46Cl2N6O6. The first-order valence-corrected chi connectivity index (χ1v) is 16.4. The van der Waals surface area contributed by atoms with Gasteiger partial charge in [0.25, 0.3) is 11.8 Å². The number of anilines is 2. The normalized spacial score (nSPS) is 12.7. The van der Waals surface area contributed by atoms with Crippen molar-refractivity contribution in [3.63, 3.8) is 0 Å². The second-order valence-electron chi connectivity index (χ2n) is 12.2. The molecule has 1 aromatic heterocycles. The zero-order valence-electron chi connectivity index (χ0n) is 29.6. The van der Waals surface area contributed by atoms with Crippen LogP contribution in [0.15, 0.2) is 60.3 Å². The van der Waals surface area contributed by atoms with Crippen molar-refractivity contribution in [1.82, 2.24) is 19.8 Å². The number of aromatic amines is 1. The van der Waals surface area contributed by atoms with Gasteiger partial charge in [0, 0.05) is 45.9 Å². The summed E-state index contributed by atoms with van der Waals surface area (Å²) in [6.07, 6.45) is 2.19. The van der Waals surface area contributed by atoms with Crippen molar-refractivity contribution >= 4 is 65.0 Å². The SMILES string of the molecule is COCc1nc2c(NC(=O)c3ccc(C(=O)N(C)c4ccc(C)cc4OCCCCC(=C=O)N4CCN(C)CC4)cc3OC)cccc2[nH]1.Cl.Cl. The molecule has 51 heavy (non-hydrogen) atoms. The largest absolute Gasteiger partial charge is 0.496 e. The number of likely N-dealkylation sites (N-methyl/N-ethyl adjacent to an activating group) is 1. The molecule has 0 aliphatic carbocycles. The summed E-state index contributed by atoms with van der Waals surface area (Å²) in [5.41, 5.74) is 4.86. The van der Waals surface area contributed by atoms with Gasteiger partial charge in [-0.2, -0.15) is 0 Å². The summed E-state index contributed by atoms with van der Waals surface area (Å²) in [6.45, 7) is 6.26. The Morgan fingerprint density at radius 2 is 1.76 bits per heavy atom. The molecule has 3 aromatic carbocycles. The van der Waals surface area contributed by atoms with Crippen LogP contribution in [-0.4, -0.2) is 98.6 Å². The molecule has 4 aromatic rings. The number of ether oxygens (including phenoxy) is 3. The number of imidazole rings is 1. The molecule has 1 fully saturated rings. The number of H-pyrrole nitrogens is 1. The zero-order chi connectivity index (χ0) is 34.9. The van der Waals surface area contributed by atoms with Crippen molar-refractivity contribution in [1.29, 1.82) is 0 Å². The van der Waals surface area contributed by atoms with Crippen LogP contribution in [0.3, 0.4) is 0 Å². The van der Waals surface area contributed by atoms with Gasteiger partial charge in [0.15, 0.2) is 0 Å². The third-order valence-electron chi connectivity index (χ3n) is 8.63. The van der Waals surface area contributed by atoms with Gasteiger partial charge in [-0.3, -0.25) is 9.59 Å². The lowest BCUT2D eigenvalue weighted by Crippen LogP contribution is -2.44. The van der Waals surface area contributed by atoms with E-state index < -0.39 is 5.91 Å². The minimum absolute atomic E-state index is 0. The van der Waals surface area contributed by atoms with Crippen LogP contribution in [0.25, 0.3) is 11.0 Å². The molecule has 1 aliphatic heterocycles. The first-order chi connectivity index (χ1) is 23.7. The highest BCUT2D eigenvalue weighted by atomic mass is 35.5. The van der Waals surface area contributed by atoms with Gasteiger partial charge >= 0.3 is 0 Å². The van der Waals surface area contributed by atoms with Gasteiger partial charge in [-0.15, -0.1) is 24.8 Å². The third kappa shape index (κ3) is 10.0. The van der Waals surface area contributed by atoms with Gasteiger partial charge in [-0.1, -0.05) is 12.1 Å². The van der Waals surface area contributed by atoms with Gasteiger partial charge in [0.05, 0.1) is 41.9 Å². The number of piperazine rings is 1. The Labute approximate surface area is 310 Å². The molecule has 0 spiro atoms. The molecule has 2 amide bonds. The van der Waals surface area contributed by atoms with Crippen molar-refractivity contribution in [3.05, 3.63) is 82.8 Å². The molecule has 14 heteroatoms. The maximum Gasteiger partial charge on any atom is 0.259 e. The van der Waals surface area contributed by atoms with E-state index in [4.69, 9.17) is 14.2 Å². The van der Waals surface area contributed by atoms with E-state index in [0.29, 0.717) is 53.7 Å². The molecule has 1 saturated heterocycles. The number of hydrogen-bond donors (Lipinski definition) is 2. The zero-order valence-corrected chi connectivity index (χ0v) is 31.2. The number of nitrogens with zero attached hydrogens (tertiary/aromatic N) is 4. The first kappa shape index (κ1) is 40.8. The Balaban J connectivity index is 0.00000351. The highest BCUT2D eigenvalue weighted by Crippen LogP contribution is 2.32. The number of carbonyl (C=O) groups is 2. The lowest BCUT2D eigenvalue weighted by atomic mass is 10.1. The molecule has 2 N–H and O–H groups in total. The number of nitrogens with one attached hydrogen (secondary N) is 2. The molecule has 12 nitrogen and oxygen atoms in total. The van der Waals surface area contributed by atoms with Gasteiger partial charge in [0.1, 0.15) is 35.4 Å². The fourth-order valence-electron chi connectivity index (χ4n) is 5.83. The van der Waals surface area contributed by atoms with Crippen molar-refractivity contribution in [2.24, 2.45) is 0 Å². The first-order valence-electron chi connectivity index (χ1n) is 16.4. The number of aryl methyl sites for hydroxylation is 1. The molecule has 274 valence electrons. The predicted molar refractivity (Wildman–Crippen MR) is 204 cm³/mol. The van der Waals surface area contributed by atoms with Crippen LogP contribution in [0.1, 0.15) is 51.4 Å². The number of allylic oxidation sites excluding steroid dienone is 1. The lowest BCUT2D eigenvalue weighted by molar-refractivity contribution is 0.0987. The van der Waals surface area contributed by atoms with E-state index in [1.165, 1.54) is 12.0 Å². The molecule has 0 unspecified atom stereocenters. The Kier molecular flexibility index (Phi) is 15.3. The number of methoxy groups -OCH3 is 2. The summed E-state index contributed by atoms with van der Waals surface area (Å²) >= 11 is 0.